The van der Waals surface area contributed by atoms with E-state index in [0.717, 1.165) is 21.2 Å². The lowest BCUT2D eigenvalue weighted by Gasteiger charge is -2.30. The van der Waals surface area contributed by atoms with Crippen LogP contribution in [-0.2, 0) is 28.5 Å². The van der Waals surface area contributed by atoms with E-state index in [-0.39, 0.29) is 47.1 Å². The summed E-state index contributed by atoms with van der Waals surface area (Å²) in [5.74, 6) is -0.570. The number of ether oxygens (including phenoxy) is 5. The zero-order valence-electron chi connectivity index (χ0n) is 27.8. The average molecular weight is 756 g/mol. The summed E-state index contributed by atoms with van der Waals surface area (Å²) in [5.41, 5.74) is -0.110. The molecule has 10 nitrogen and oxygen atoms in total. The van der Waals surface area contributed by atoms with Crippen LogP contribution in [0, 0.1) is 0 Å². The third kappa shape index (κ3) is 11.5. The highest BCUT2D eigenvalue weighted by molar-refractivity contribution is 8.24. The van der Waals surface area contributed by atoms with Crippen molar-refractivity contribution in [2.24, 2.45) is 0 Å². The molecular formula is C33H41NO9S5. The molecule has 3 aromatic rings. The zero-order chi connectivity index (χ0) is 35.5. The summed E-state index contributed by atoms with van der Waals surface area (Å²) < 4.78 is 28.0. The van der Waals surface area contributed by atoms with Crippen LogP contribution in [0.3, 0.4) is 0 Å². The number of fused-ring (bicyclic) bond motifs is 2. The van der Waals surface area contributed by atoms with Crippen LogP contribution in [0.5, 0.6) is 5.75 Å². The maximum atomic E-state index is 13.4. The third-order valence-corrected chi connectivity index (χ3v) is 10.7. The summed E-state index contributed by atoms with van der Waals surface area (Å²) in [6, 6.07) is 12.6. The van der Waals surface area contributed by atoms with Gasteiger partial charge in [-0.25, -0.2) is 0 Å². The number of benzene rings is 2. The van der Waals surface area contributed by atoms with E-state index in [1.807, 2.05) is 25.1 Å². The van der Waals surface area contributed by atoms with E-state index in [2.05, 4.69) is 0 Å². The van der Waals surface area contributed by atoms with Gasteiger partial charge in [-0.3, -0.25) is 14.4 Å². The first-order valence-electron chi connectivity index (χ1n) is 15.2. The number of nitrogens with zero attached hydrogens (tertiary/aromatic N) is 1. The minimum Gasteiger partial charge on any atom is -0.484 e. The van der Waals surface area contributed by atoms with E-state index in [9.17, 15) is 19.5 Å². The fourth-order valence-corrected chi connectivity index (χ4v) is 8.24. The lowest BCUT2D eigenvalue weighted by atomic mass is 10.2. The number of aliphatic hydroxyl groups is 1. The molecule has 1 heterocycles. The molecule has 48 heavy (non-hydrogen) atoms. The van der Waals surface area contributed by atoms with Gasteiger partial charge in [0.1, 0.15) is 17.1 Å². The quantitative estimate of drug-likeness (QED) is 0.0778. The van der Waals surface area contributed by atoms with E-state index in [1.54, 1.807) is 58.9 Å². The molecule has 1 amide bonds. The molecule has 15 heteroatoms. The van der Waals surface area contributed by atoms with Crippen molar-refractivity contribution in [1.82, 2.24) is 4.90 Å². The Morgan fingerprint density at radius 2 is 1.52 bits per heavy atom. The van der Waals surface area contributed by atoms with Gasteiger partial charge < -0.3 is 33.7 Å². The number of thiocarbonyl (C=S) groups is 2. The van der Waals surface area contributed by atoms with Gasteiger partial charge in [0.2, 0.25) is 8.77 Å². The van der Waals surface area contributed by atoms with Crippen molar-refractivity contribution in [3.8, 4) is 5.75 Å². The maximum absolute atomic E-state index is 13.4. The molecule has 0 spiro atoms. The molecule has 1 atom stereocenters. The number of esters is 1. The van der Waals surface area contributed by atoms with Gasteiger partial charge >= 0.3 is 5.97 Å². The molecule has 1 unspecified atom stereocenters. The Morgan fingerprint density at radius 1 is 0.896 bits per heavy atom. The minimum absolute atomic E-state index is 0.0276. The number of hydrogen-bond donors (Lipinski definition) is 1. The Labute approximate surface area is 303 Å². The normalized spacial score (nSPS) is 12.4. The number of carbonyl (C=O) groups excluding carboxylic acids is 2. The van der Waals surface area contributed by atoms with E-state index < -0.39 is 27.7 Å². The SMILES string of the molecule is CCOC(=S)SC(C)(C)C(=O)OCCN(CCOC(O)C(C)(C)SC(=S)OCC)C(=O)COc1ccc2sc3ccccc3c(=O)c2c1. The van der Waals surface area contributed by atoms with Crippen LogP contribution in [0.1, 0.15) is 41.5 Å². The highest BCUT2D eigenvalue weighted by atomic mass is 32.2. The first kappa shape index (κ1) is 39.9. The summed E-state index contributed by atoms with van der Waals surface area (Å²) >= 11 is 14.1. The van der Waals surface area contributed by atoms with Crippen LogP contribution in [0.25, 0.3) is 20.2 Å². The smallest absolute Gasteiger partial charge is 0.322 e. The van der Waals surface area contributed by atoms with Crippen LogP contribution in [0.2, 0.25) is 0 Å². The molecule has 0 aliphatic heterocycles. The van der Waals surface area contributed by atoms with Crippen molar-refractivity contribution in [1.29, 1.82) is 0 Å². The van der Waals surface area contributed by atoms with Crippen LogP contribution in [0.4, 0.5) is 0 Å². The Morgan fingerprint density at radius 3 is 2.21 bits per heavy atom. The van der Waals surface area contributed by atoms with E-state index in [1.165, 1.54) is 28.0 Å². The largest absolute Gasteiger partial charge is 0.484 e. The van der Waals surface area contributed by atoms with Crippen LogP contribution in [0.15, 0.2) is 47.3 Å². The Bertz CT molecular complexity index is 1660. The van der Waals surface area contributed by atoms with Gasteiger partial charge in [0.25, 0.3) is 5.91 Å². The van der Waals surface area contributed by atoms with Crippen molar-refractivity contribution in [2.45, 2.75) is 57.3 Å². The molecule has 0 aliphatic rings. The lowest BCUT2D eigenvalue weighted by Crippen LogP contribution is -2.43. The molecule has 0 radical (unpaired) electrons. The summed E-state index contributed by atoms with van der Waals surface area (Å²) in [5, 5.41) is 11.8. The number of thioether (sulfide) groups is 2. The topological polar surface area (TPSA) is 121 Å². The molecule has 262 valence electrons. The van der Waals surface area contributed by atoms with Crippen molar-refractivity contribution in [3.63, 3.8) is 0 Å². The molecule has 3 rings (SSSR count). The molecule has 1 aromatic heterocycles. The third-order valence-electron chi connectivity index (χ3n) is 6.79. The Kier molecular flexibility index (Phi) is 15.3. The second-order valence-electron chi connectivity index (χ2n) is 11.3. The molecule has 0 saturated heterocycles. The zero-order valence-corrected chi connectivity index (χ0v) is 31.9. The highest BCUT2D eigenvalue weighted by Gasteiger charge is 2.34. The van der Waals surface area contributed by atoms with Crippen LogP contribution in [-0.4, -0.2) is 92.6 Å². The second-order valence-corrected chi connectivity index (χ2v) is 16.9. The fourth-order valence-electron chi connectivity index (χ4n) is 4.18. The summed E-state index contributed by atoms with van der Waals surface area (Å²) in [7, 11) is 0. The highest BCUT2D eigenvalue weighted by Crippen LogP contribution is 2.31. The fraction of sp³-hybridized carbons (Fsp3) is 0.485. The number of hydrogen-bond acceptors (Lipinski definition) is 14. The molecule has 0 saturated carbocycles. The van der Waals surface area contributed by atoms with Gasteiger partial charge in [-0.2, -0.15) is 0 Å². The first-order valence-corrected chi connectivity index (χ1v) is 18.5. The van der Waals surface area contributed by atoms with Gasteiger partial charge in [0, 0.05) is 26.7 Å². The van der Waals surface area contributed by atoms with Gasteiger partial charge in [0.15, 0.2) is 18.3 Å². The summed E-state index contributed by atoms with van der Waals surface area (Å²) in [4.78, 5) is 40.8. The number of rotatable bonds is 16. The lowest BCUT2D eigenvalue weighted by molar-refractivity contribution is -0.149. The van der Waals surface area contributed by atoms with Gasteiger partial charge in [0.05, 0.1) is 31.1 Å². The van der Waals surface area contributed by atoms with Gasteiger partial charge in [-0.05, 0) is 96.3 Å². The van der Waals surface area contributed by atoms with E-state index in [0.29, 0.717) is 29.7 Å². The van der Waals surface area contributed by atoms with E-state index in [4.69, 9.17) is 48.1 Å². The number of carbonyl (C=O) groups is 2. The monoisotopic (exact) mass is 755 g/mol. The minimum atomic E-state index is -1.23. The summed E-state index contributed by atoms with van der Waals surface area (Å²) in [6.07, 6.45) is -1.23. The standard InChI is InChI=1S/C33H41NO9S5/c1-7-39-30(44)47-32(3,4)28(37)41-17-15-34(16-18-42-29(38)33(5,6)48-31(45)40-8-2)26(35)20-43-21-13-14-25-23(19-21)27(36)22-11-9-10-12-24(22)46-25/h9-14,19,28,37H,7-8,15-18,20H2,1-6H3. The first-order chi connectivity index (χ1) is 22.7. The summed E-state index contributed by atoms with van der Waals surface area (Å²) in [6.45, 7) is 10.9. The molecule has 2 aromatic carbocycles. The number of amides is 1. The van der Waals surface area contributed by atoms with Crippen molar-refractivity contribution >= 4 is 100 Å². The molecule has 0 fully saturated rings. The van der Waals surface area contributed by atoms with Crippen LogP contribution < -0.4 is 10.2 Å². The predicted molar refractivity (Wildman–Crippen MR) is 202 cm³/mol. The van der Waals surface area contributed by atoms with E-state index >= 15 is 0 Å². The maximum Gasteiger partial charge on any atom is 0.322 e. The Hall–Kier alpha value is -2.53. The molecule has 0 aliphatic carbocycles. The predicted octanol–water partition coefficient (Wildman–Crippen LogP) is 6.17. The molecule has 1 N–H and O–H groups in total. The second kappa shape index (κ2) is 18.5. The molecular weight excluding hydrogens is 715 g/mol. The number of aliphatic hydroxyl groups excluding tert-OH is 1. The van der Waals surface area contributed by atoms with Crippen molar-refractivity contribution in [3.05, 3.63) is 52.7 Å². The van der Waals surface area contributed by atoms with Crippen molar-refractivity contribution < 1.29 is 38.4 Å². The molecule has 0 bridgehead atoms. The van der Waals surface area contributed by atoms with Crippen molar-refractivity contribution in [2.75, 3.05) is 46.1 Å². The van der Waals surface area contributed by atoms with Gasteiger partial charge in [-0.15, -0.1) is 11.3 Å². The Balaban J connectivity index is 1.68. The average Bonchev–Trinajstić information content (AvgIpc) is 3.02. The van der Waals surface area contributed by atoms with Gasteiger partial charge in [-0.1, -0.05) is 35.7 Å². The van der Waals surface area contributed by atoms with Crippen LogP contribution >= 0.6 is 59.3 Å².